The van der Waals surface area contributed by atoms with Gasteiger partial charge in [0, 0.05) is 18.7 Å². The smallest absolute Gasteiger partial charge is 0.308 e. The van der Waals surface area contributed by atoms with Gasteiger partial charge in [0.2, 0.25) is 5.91 Å². The minimum Gasteiger partial charge on any atom is -0.456 e. The van der Waals surface area contributed by atoms with Crippen LogP contribution in [0.4, 0.5) is 11.4 Å². The fourth-order valence-electron chi connectivity index (χ4n) is 2.27. The van der Waals surface area contributed by atoms with Crippen LogP contribution in [0.25, 0.3) is 0 Å². The summed E-state index contributed by atoms with van der Waals surface area (Å²) in [6, 6.07) is 12.7. The van der Waals surface area contributed by atoms with Gasteiger partial charge in [0.05, 0.1) is 28.5 Å². The Morgan fingerprint density at radius 3 is 2.45 bits per heavy atom. The summed E-state index contributed by atoms with van der Waals surface area (Å²) in [7, 11) is 0. The second-order valence-electron chi connectivity index (χ2n) is 5.89. The third-order valence-electron chi connectivity index (χ3n) is 3.66. The van der Waals surface area contributed by atoms with E-state index >= 15 is 0 Å². The van der Waals surface area contributed by atoms with Gasteiger partial charge in [-0.15, -0.1) is 0 Å². The average Bonchev–Trinajstić information content (AvgIpc) is 2.68. The molecule has 0 saturated heterocycles. The summed E-state index contributed by atoms with van der Waals surface area (Å²) in [5, 5.41) is 15.6. The molecule has 0 spiro atoms. The van der Waals surface area contributed by atoms with Gasteiger partial charge in [-0.25, -0.2) is 0 Å². The fourth-order valence-corrected chi connectivity index (χ4v) is 2.49. The number of halogens is 1. The van der Waals surface area contributed by atoms with Crippen molar-refractivity contribution in [3.8, 4) is 0 Å². The number of hydrogen-bond donors (Lipinski definition) is 2. The highest BCUT2D eigenvalue weighted by Gasteiger charge is 2.13. The first kappa shape index (κ1) is 21.8. The number of carbonyl (C=O) groups excluding carboxylic acids is 3. The zero-order valence-corrected chi connectivity index (χ0v) is 16.0. The minimum atomic E-state index is -0.657. The summed E-state index contributed by atoms with van der Waals surface area (Å²) in [6.45, 7) is -0.468. The van der Waals surface area contributed by atoms with E-state index in [9.17, 15) is 24.5 Å². The zero-order valence-electron chi connectivity index (χ0n) is 15.2. The number of nitrogens with zero attached hydrogens (tertiary/aromatic N) is 1. The van der Waals surface area contributed by atoms with E-state index in [2.05, 4.69) is 10.6 Å². The van der Waals surface area contributed by atoms with Gasteiger partial charge < -0.3 is 15.4 Å². The fraction of sp³-hybridized carbons (Fsp3) is 0.211. The highest BCUT2D eigenvalue weighted by Crippen LogP contribution is 2.26. The molecule has 0 aromatic heterocycles. The molecule has 0 radical (unpaired) electrons. The molecule has 2 N–H and O–H groups in total. The summed E-state index contributed by atoms with van der Waals surface area (Å²) in [6.07, 6.45) is 0.111. The van der Waals surface area contributed by atoms with Crippen LogP contribution in [0.15, 0.2) is 48.5 Å². The lowest BCUT2D eigenvalue weighted by Gasteiger charge is -2.08. The van der Waals surface area contributed by atoms with Crippen LogP contribution < -0.4 is 10.6 Å². The zero-order chi connectivity index (χ0) is 21.2. The highest BCUT2D eigenvalue weighted by atomic mass is 35.5. The van der Waals surface area contributed by atoms with E-state index in [4.69, 9.17) is 16.3 Å². The molecule has 2 rings (SSSR count). The first-order valence-electron chi connectivity index (χ1n) is 8.55. The van der Waals surface area contributed by atoms with Crippen LogP contribution in [0.5, 0.6) is 0 Å². The van der Waals surface area contributed by atoms with E-state index in [0.29, 0.717) is 0 Å². The van der Waals surface area contributed by atoms with Gasteiger partial charge in [-0.05, 0) is 11.6 Å². The summed E-state index contributed by atoms with van der Waals surface area (Å²) < 4.78 is 4.82. The third kappa shape index (κ3) is 7.59. The van der Waals surface area contributed by atoms with E-state index in [1.165, 1.54) is 12.1 Å². The minimum absolute atomic E-state index is 0.0139. The summed E-state index contributed by atoms with van der Waals surface area (Å²) in [5.41, 5.74) is 0.800. The van der Waals surface area contributed by atoms with Gasteiger partial charge in [-0.2, -0.15) is 0 Å². The van der Waals surface area contributed by atoms with Crippen molar-refractivity contribution in [1.29, 1.82) is 0 Å². The van der Waals surface area contributed by atoms with Crippen molar-refractivity contribution in [2.75, 3.05) is 18.5 Å². The molecule has 9 nitrogen and oxygen atoms in total. The first-order valence-corrected chi connectivity index (χ1v) is 8.93. The van der Waals surface area contributed by atoms with Crippen molar-refractivity contribution >= 4 is 40.8 Å². The molecular formula is C19H18ClN3O6. The Hall–Kier alpha value is -3.46. The van der Waals surface area contributed by atoms with E-state index in [1.54, 1.807) is 0 Å². The van der Waals surface area contributed by atoms with Crippen molar-refractivity contribution in [3.63, 3.8) is 0 Å². The van der Waals surface area contributed by atoms with E-state index < -0.39 is 23.4 Å². The number of ether oxygens (including phenoxy) is 1. The molecule has 0 aliphatic heterocycles. The molecule has 0 unspecified atom stereocenters. The molecule has 29 heavy (non-hydrogen) atoms. The maximum atomic E-state index is 11.8. The summed E-state index contributed by atoms with van der Waals surface area (Å²) in [5.74, 6) is -1.54. The van der Waals surface area contributed by atoms with Crippen LogP contribution in [-0.2, 0) is 25.5 Å². The maximum absolute atomic E-state index is 11.8. The lowest BCUT2D eigenvalue weighted by atomic mass is 10.1. The number of nitro groups is 1. The molecule has 10 heteroatoms. The number of rotatable bonds is 9. The monoisotopic (exact) mass is 419 g/mol. The predicted octanol–water partition coefficient (Wildman–Crippen LogP) is 2.48. The molecule has 0 fully saturated rings. The van der Waals surface area contributed by atoms with Crippen LogP contribution in [0.1, 0.15) is 12.0 Å². The molecule has 0 aliphatic carbocycles. The van der Waals surface area contributed by atoms with Crippen molar-refractivity contribution in [2.24, 2.45) is 0 Å². The van der Waals surface area contributed by atoms with Crippen molar-refractivity contribution < 1.29 is 24.0 Å². The van der Waals surface area contributed by atoms with Gasteiger partial charge in [0.1, 0.15) is 0 Å². The van der Waals surface area contributed by atoms with Crippen LogP contribution >= 0.6 is 11.6 Å². The molecule has 0 bridgehead atoms. The summed E-state index contributed by atoms with van der Waals surface area (Å²) >= 11 is 5.87. The van der Waals surface area contributed by atoms with Crippen molar-refractivity contribution in [2.45, 2.75) is 12.8 Å². The highest BCUT2D eigenvalue weighted by molar-refractivity contribution is 6.34. The molecule has 0 heterocycles. The lowest BCUT2D eigenvalue weighted by molar-refractivity contribution is -0.384. The van der Waals surface area contributed by atoms with Gasteiger partial charge >= 0.3 is 5.97 Å². The van der Waals surface area contributed by atoms with Crippen LogP contribution in [0, 0.1) is 10.1 Å². The SMILES string of the molecule is O=C(Cc1ccccc1)NCCC(=O)OCC(=O)Nc1ccc([N+](=O)[O-])cc1Cl. The molecule has 152 valence electrons. The number of nitro benzene ring substituents is 1. The predicted molar refractivity (Wildman–Crippen MR) is 105 cm³/mol. The quantitative estimate of drug-likeness (QED) is 0.365. The van der Waals surface area contributed by atoms with Gasteiger partial charge in [-0.1, -0.05) is 41.9 Å². The topological polar surface area (TPSA) is 128 Å². The van der Waals surface area contributed by atoms with Gasteiger partial charge in [0.15, 0.2) is 6.61 Å². The number of nitrogens with one attached hydrogen (secondary N) is 2. The van der Waals surface area contributed by atoms with Gasteiger partial charge in [0.25, 0.3) is 11.6 Å². The number of anilines is 1. The molecule has 0 saturated carbocycles. The largest absolute Gasteiger partial charge is 0.456 e. The van der Waals surface area contributed by atoms with E-state index in [0.717, 1.165) is 11.6 Å². The number of amides is 2. The second-order valence-corrected chi connectivity index (χ2v) is 6.30. The van der Waals surface area contributed by atoms with E-state index in [1.807, 2.05) is 30.3 Å². The normalized spacial score (nSPS) is 10.1. The number of non-ortho nitro benzene ring substituents is 1. The van der Waals surface area contributed by atoms with Gasteiger partial charge in [-0.3, -0.25) is 24.5 Å². The average molecular weight is 420 g/mol. The second kappa shape index (κ2) is 10.8. The number of hydrogen-bond acceptors (Lipinski definition) is 6. The molecule has 0 atom stereocenters. The molecule has 0 aliphatic rings. The lowest BCUT2D eigenvalue weighted by Crippen LogP contribution is -2.28. The number of benzene rings is 2. The molecule has 2 amide bonds. The number of esters is 1. The Morgan fingerprint density at radius 1 is 1.07 bits per heavy atom. The maximum Gasteiger partial charge on any atom is 0.308 e. The Kier molecular flexibility index (Phi) is 8.11. The number of carbonyl (C=O) groups is 3. The standard InChI is InChI=1S/C19H18ClN3O6/c20-15-11-14(23(27)28)6-7-16(15)22-18(25)12-29-19(26)8-9-21-17(24)10-13-4-2-1-3-5-13/h1-7,11H,8-10,12H2,(H,21,24)(H,22,25). The Bertz CT molecular complexity index is 904. The summed E-state index contributed by atoms with van der Waals surface area (Å²) in [4.78, 5) is 45.3. The van der Waals surface area contributed by atoms with E-state index in [-0.39, 0.29) is 41.7 Å². The van der Waals surface area contributed by atoms with Crippen LogP contribution in [0.3, 0.4) is 0 Å². The molecule has 2 aromatic carbocycles. The Morgan fingerprint density at radius 2 is 1.79 bits per heavy atom. The van der Waals surface area contributed by atoms with Crippen molar-refractivity contribution in [1.82, 2.24) is 5.32 Å². The third-order valence-corrected chi connectivity index (χ3v) is 3.97. The first-order chi connectivity index (χ1) is 13.8. The van der Waals surface area contributed by atoms with Crippen LogP contribution in [-0.4, -0.2) is 35.9 Å². The van der Waals surface area contributed by atoms with Crippen molar-refractivity contribution in [3.05, 3.63) is 69.2 Å². The molecule has 2 aromatic rings. The van der Waals surface area contributed by atoms with Crippen LogP contribution in [0.2, 0.25) is 5.02 Å². The Labute approximate surface area is 171 Å². The molecular weight excluding hydrogens is 402 g/mol. The Balaban J connectivity index is 1.67.